The molecule has 0 aliphatic rings. The fourth-order valence-electron chi connectivity index (χ4n) is 1.29. The molecule has 1 aromatic rings. The Morgan fingerprint density at radius 1 is 1.19 bits per heavy atom. The van der Waals surface area contributed by atoms with Crippen molar-refractivity contribution < 1.29 is 14.7 Å². The number of carbonyl (C=O) groups is 2. The largest absolute Gasteiger partial charge is 0.481 e. The van der Waals surface area contributed by atoms with Crippen molar-refractivity contribution in [2.45, 2.75) is 19.3 Å². The number of Topliss-reactive ketones (excluding diaryl/α,β-unsaturated/α-hetero) is 1. The van der Waals surface area contributed by atoms with Gasteiger partial charge in [0.2, 0.25) is 0 Å². The summed E-state index contributed by atoms with van der Waals surface area (Å²) in [6.45, 7) is 0. The van der Waals surface area contributed by atoms with E-state index in [1.165, 1.54) is 0 Å². The number of anilines is 1. The second kappa shape index (κ2) is 6.85. The third-order valence-electron chi connectivity index (χ3n) is 2.06. The van der Waals surface area contributed by atoms with Gasteiger partial charge in [-0.1, -0.05) is 12.1 Å². The molecule has 1 aromatic carbocycles. The second-order valence-corrected chi connectivity index (χ2v) is 3.26. The monoisotopic (exact) mass is 243 g/mol. The minimum Gasteiger partial charge on any atom is -0.481 e. The van der Waals surface area contributed by atoms with Crippen molar-refractivity contribution in [2.24, 2.45) is 0 Å². The Kier molecular flexibility index (Phi) is 6.18. The summed E-state index contributed by atoms with van der Waals surface area (Å²) in [7, 11) is 0. The zero-order valence-electron chi connectivity index (χ0n) is 8.68. The van der Waals surface area contributed by atoms with Crippen molar-refractivity contribution in [3.63, 3.8) is 0 Å². The number of para-hydroxylation sites is 1. The zero-order valence-corrected chi connectivity index (χ0v) is 9.50. The summed E-state index contributed by atoms with van der Waals surface area (Å²) >= 11 is 0. The van der Waals surface area contributed by atoms with Gasteiger partial charge < -0.3 is 10.8 Å². The van der Waals surface area contributed by atoms with Gasteiger partial charge in [-0.2, -0.15) is 0 Å². The van der Waals surface area contributed by atoms with E-state index in [1.54, 1.807) is 24.3 Å². The molecule has 3 N–H and O–H groups in total. The molecule has 0 fully saturated rings. The van der Waals surface area contributed by atoms with Gasteiger partial charge in [0.15, 0.2) is 5.78 Å². The van der Waals surface area contributed by atoms with E-state index in [4.69, 9.17) is 10.8 Å². The average Bonchev–Trinajstić information content (AvgIpc) is 2.17. The zero-order chi connectivity index (χ0) is 11.3. The number of halogens is 1. The van der Waals surface area contributed by atoms with E-state index in [-0.39, 0.29) is 31.0 Å². The molecule has 4 nitrogen and oxygen atoms in total. The van der Waals surface area contributed by atoms with E-state index in [9.17, 15) is 9.59 Å². The first kappa shape index (κ1) is 14.5. The second-order valence-electron chi connectivity index (χ2n) is 3.26. The Morgan fingerprint density at radius 3 is 2.38 bits per heavy atom. The summed E-state index contributed by atoms with van der Waals surface area (Å²) < 4.78 is 0. The number of nitrogen functional groups attached to an aromatic ring is 1. The molecule has 0 amide bonds. The SMILES string of the molecule is Cl.Nc1ccccc1C(=O)CCCC(=O)O. The highest BCUT2D eigenvalue weighted by molar-refractivity contribution is 6.00. The van der Waals surface area contributed by atoms with E-state index in [1.807, 2.05) is 0 Å². The molecule has 0 saturated heterocycles. The smallest absolute Gasteiger partial charge is 0.303 e. The Bertz CT molecular complexity index is 379. The summed E-state index contributed by atoms with van der Waals surface area (Å²) in [5.41, 5.74) is 6.53. The fraction of sp³-hybridized carbons (Fsp3) is 0.273. The topological polar surface area (TPSA) is 80.4 Å². The molecule has 88 valence electrons. The van der Waals surface area contributed by atoms with Crippen molar-refractivity contribution in [2.75, 3.05) is 5.73 Å². The van der Waals surface area contributed by atoms with Crippen LogP contribution < -0.4 is 5.73 Å². The van der Waals surface area contributed by atoms with Crippen molar-refractivity contribution in [1.29, 1.82) is 0 Å². The summed E-state index contributed by atoms with van der Waals surface area (Å²) in [4.78, 5) is 21.8. The Labute approximate surface area is 99.9 Å². The van der Waals surface area contributed by atoms with Crippen LogP contribution in [0.25, 0.3) is 0 Å². The highest BCUT2D eigenvalue weighted by Crippen LogP contribution is 2.14. The van der Waals surface area contributed by atoms with Crippen LogP contribution in [0.4, 0.5) is 5.69 Å². The molecule has 0 heterocycles. The van der Waals surface area contributed by atoms with Crippen LogP contribution in [-0.4, -0.2) is 16.9 Å². The highest BCUT2D eigenvalue weighted by Gasteiger charge is 2.09. The van der Waals surface area contributed by atoms with Crippen molar-refractivity contribution in [3.05, 3.63) is 29.8 Å². The molecule has 1 rings (SSSR count). The van der Waals surface area contributed by atoms with E-state index < -0.39 is 5.97 Å². The van der Waals surface area contributed by atoms with E-state index in [2.05, 4.69) is 0 Å². The molecule has 0 radical (unpaired) electrons. The first-order chi connectivity index (χ1) is 7.11. The number of benzene rings is 1. The van der Waals surface area contributed by atoms with Crippen molar-refractivity contribution >= 4 is 29.8 Å². The van der Waals surface area contributed by atoms with Gasteiger partial charge in [0.25, 0.3) is 0 Å². The standard InChI is InChI=1S/C11H13NO3.ClH/c12-9-5-2-1-4-8(9)10(13)6-3-7-11(14)15;/h1-2,4-5H,3,6-7,12H2,(H,14,15);1H. The summed E-state index contributed by atoms with van der Waals surface area (Å²) in [6, 6.07) is 6.80. The van der Waals surface area contributed by atoms with Crippen LogP contribution in [-0.2, 0) is 4.79 Å². The van der Waals surface area contributed by atoms with Gasteiger partial charge in [-0.3, -0.25) is 9.59 Å². The third-order valence-corrected chi connectivity index (χ3v) is 2.06. The number of nitrogens with two attached hydrogens (primary N) is 1. The molecule has 0 aliphatic carbocycles. The number of ketones is 1. The van der Waals surface area contributed by atoms with Gasteiger partial charge in [0.1, 0.15) is 0 Å². The molecule has 5 heteroatoms. The molecule has 0 bridgehead atoms. The quantitative estimate of drug-likeness (QED) is 0.613. The lowest BCUT2D eigenvalue weighted by Crippen LogP contribution is -2.04. The molecular formula is C11H14ClNO3. The first-order valence-corrected chi connectivity index (χ1v) is 4.70. The van der Waals surface area contributed by atoms with Crippen LogP contribution in [0.5, 0.6) is 0 Å². The maximum absolute atomic E-state index is 11.6. The predicted molar refractivity (Wildman–Crippen MR) is 63.9 cm³/mol. The lowest BCUT2D eigenvalue weighted by atomic mass is 10.0. The van der Waals surface area contributed by atoms with E-state index >= 15 is 0 Å². The molecule has 0 aliphatic heterocycles. The molecule has 0 aromatic heterocycles. The average molecular weight is 244 g/mol. The minimum atomic E-state index is -0.885. The number of aliphatic carboxylic acids is 1. The highest BCUT2D eigenvalue weighted by atomic mass is 35.5. The number of carboxylic acid groups (broad SMARTS) is 1. The Hall–Kier alpha value is -1.55. The van der Waals surface area contributed by atoms with Gasteiger partial charge in [-0.25, -0.2) is 0 Å². The number of carbonyl (C=O) groups excluding carboxylic acids is 1. The normalized spacial score (nSPS) is 9.25. The van der Waals surface area contributed by atoms with Gasteiger partial charge in [-0.05, 0) is 18.6 Å². The predicted octanol–water partition coefficient (Wildman–Crippen LogP) is 2.13. The van der Waals surface area contributed by atoms with Crippen LogP contribution in [0.15, 0.2) is 24.3 Å². The molecule has 0 unspecified atom stereocenters. The maximum Gasteiger partial charge on any atom is 0.303 e. The third kappa shape index (κ3) is 4.31. The van der Waals surface area contributed by atoms with Crippen LogP contribution in [0, 0.1) is 0 Å². The van der Waals surface area contributed by atoms with Crippen LogP contribution >= 0.6 is 12.4 Å². The van der Waals surface area contributed by atoms with Crippen LogP contribution in [0.2, 0.25) is 0 Å². The molecule has 16 heavy (non-hydrogen) atoms. The maximum atomic E-state index is 11.6. The van der Waals surface area contributed by atoms with Crippen LogP contribution in [0.1, 0.15) is 29.6 Å². The number of rotatable bonds is 5. The Balaban J connectivity index is 0.00000225. The number of carboxylic acids is 1. The Morgan fingerprint density at radius 2 is 1.81 bits per heavy atom. The lowest BCUT2D eigenvalue weighted by Gasteiger charge is -2.03. The minimum absolute atomic E-state index is 0. The van der Waals surface area contributed by atoms with Crippen molar-refractivity contribution in [1.82, 2.24) is 0 Å². The molecule has 0 atom stereocenters. The van der Waals surface area contributed by atoms with E-state index in [0.29, 0.717) is 17.7 Å². The number of hydrogen-bond acceptors (Lipinski definition) is 3. The molecule has 0 saturated carbocycles. The molecular weight excluding hydrogens is 230 g/mol. The summed E-state index contributed by atoms with van der Waals surface area (Å²) in [5, 5.41) is 8.42. The lowest BCUT2D eigenvalue weighted by molar-refractivity contribution is -0.137. The van der Waals surface area contributed by atoms with Gasteiger partial charge in [0.05, 0.1) is 0 Å². The molecule has 0 spiro atoms. The van der Waals surface area contributed by atoms with Crippen LogP contribution in [0.3, 0.4) is 0 Å². The van der Waals surface area contributed by atoms with Gasteiger partial charge in [-0.15, -0.1) is 12.4 Å². The number of hydrogen-bond donors (Lipinski definition) is 2. The van der Waals surface area contributed by atoms with Crippen molar-refractivity contribution in [3.8, 4) is 0 Å². The van der Waals surface area contributed by atoms with E-state index in [0.717, 1.165) is 0 Å². The van der Waals surface area contributed by atoms with Gasteiger partial charge >= 0.3 is 5.97 Å². The summed E-state index contributed by atoms with van der Waals surface area (Å²) in [6.07, 6.45) is 0.585. The first-order valence-electron chi connectivity index (χ1n) is 4.70. The summed E-state index contributed by atoms with van der Waals surface area (Å²) in [5.74, 6) is -0.988. The van der Waals surface area contributed by atoms with Gasteiger partial charge in [0, 0.05) is 24.1 Å². The fourth-order valence-corrected chi connectivity index (χ4v) is 1.29.